The minimum atomic E-state index is -0.920. The van der Waals surface area contributed by atoms with Crippen LogP contribution in [-0.4, -0.2) is 48.8 Å². The standard InChI is InChI=1S/C15H18N2O5S/c1-17(8-13(18)19)7-12-14(16-15(20)23-12)10-6-9(21-2)4-5-11(10)22-3/h4-6H,7-8H2,1-3H3,(H,16,20)(H,18,19). The molecule has 1 aromatic heterocycles. The van der Waals surface area contributed by atoms with Gasteiger partial charge in [0.05, 0.1) is 26.5 Å². The van der Waals surface area contributed by atoms with E-state index in [0.29, 0.717) is 29.3 Å². The number of carbonyl (C=O) groups is 1. The number of nitrogens with one attached hydrogen (secondary N) is 1. The first kappa shape index (κ1) is 17.0. The van der Waals surface area contributed by atoms with E-state index in [4.69, 9.17) is 14.6 Å². The van der Waals surface area contributed by atoms with Crippen molar-refractivity contribution in [1.29, 1.82) is 0 Å². The Morgan fingerprint density at radius 1 is 1.35 bits per heavy atom. The second-order valence-electron chi connectivity index (χ2n) is 4.94. The van der Waals surface area contributed by atoms with Crippen LogP contribution in [-0.2, 0) is 11.3 Å². The Balaban J connectivity index is 2.44. The molecule has 0 aliphatic carbocycles. The zero-order valence-corrected chi connectivity index (χ0v) is 13.9. The molecule has 7 nitrogen and oxygen atoms in total. The molecule has 124 valence electrons. The molecule has 0 atom stereocenters. The average molecular weight is 338 g/mol. The Kier molecular flexibility index (Phi) is 5.41. The number of ether oxygens (including phenoxy) is 2. The van der Waals surface area contributed by atoms with Gasteiger partial charge in [0.15, 0.2) is 0 Å². The summed E-state index contributed by atoms with van der Waals surface area (Å²) in [7, 11) is 4.79. The van der Waals surface area contributed by atoms with E-state index < -0.39 is 5.97 Å². The number of methoxy groups -OCH3 is 2. The van der Waals surface area contributed by atoms with Gasteiger partial charge >= 0.3 is 10.8 Å². The first-order chi connectivity index (χ1) is 10.9. The van der Waals surface area contributed by atoms with Crippen LogP contribution in [0, 0.1) is 0 Å². The van der Waals surface area contributed by atoms with Crippen molar-refractivity contribution in [2.75, 3.05) is 27.8 Å². The predicted octanol–water partition coefficient (Wildman–Crippen LogP) is 1.64. The van der Waals surface area contributed by atoms with Crippen molar-refractivity contribution in [2.45, 2.75) is 6.54 Å². The summed E-state index contributed by atoms with van der Waals surface area (Å²) in [5.74, 6) is 0.315. The van der Waals surface area contributed by atoms with Crippen LogP contribution in [0.4, 0.5) is 0 Å². The average Bonchev–Trinajstić information content (AvgIpc) is 2.85. The highest BCUT2D eigenvalue weighted by Gasteiger charge is 2.17. The third kappa shape index (κ3) is 4.11. The Hall–Kier alpha value is -2.32. The zero-order chi connectivity index (χ0) is 17.0. The van der Waals surface area contributed by atoms with Crippen molar-refractivity contribution in [3.05, 3.63) is 32.7 Å². The second-order valence-corrected chi connectivity index (χ2v) is 6.01. The van der Waals surface area contributed by atoms with Crippen molar-refractivity contribution in [1.82, 2.24) is 9.88 Å². The molecule has 0 saturated heterocycles. The monoisotopic (exact) mass is 338 g/mol. The number of likely N-dealkylation sites (N-methyl/N-ethyl adjacent to an activating group) is 1. The van der Waals surface area contributed by atoms with E-state index >= 15 is 0 Å². The Morgan fingerprint density at radius 2 is 2.09 bits per heavy atom. The molecule has 0 fully saturated rings. The molecule has 2 N–H and O–H groups in total. The van der Waals surface area contributed by atoms with E-state index in [0.717, 1.165) is 16.2 Å². The quantitative estimate of drug-likeness (QED) is 0.797. The van der Waals surface area contributed by atoms with Crippen molar-refractivity contribution in [3.63, 3.8) is 0 Å². The van der Waals surface area contributed by atoms with Gasteiger partial charge in [0.25, 0.3) is 0 Å². The molecule has 0 aliphatic heterocycles. The summed E-state index contributed by atoms with van der Waals surface area (Å²) in [6.07, 6.45) is 0. The summed E-state index contributed by atoms with van der Waals surface area (Å²) in [5.41, 5.74) is 1.32. The van der Waals surface area contributed by atoms with Gasteiger partial charge in [-0.05, 0) is 25.2 Å². The van der Waals surface area contributed by atoms with Crippen LogP contribution in [0.15, 0.2) is 23.0 Å². The van der Waals surface area contributed by atoms with Crippen LogP contribution in [0.1, 0.15) is 4.88 Å². The van der Waals surface area contributed by atoms with Gasteiger partial charge in [-0.2, -0.15) is 0 Å². The summed E-state index contributed by atoms with van der Waals surface area (Å²) < 4.78 is 10.6. The van der Waals surface area contributed by atoms with Crippen LogP contribution >= 0.6 is 11.3 Å². The zero-order valence-electron chi connectivity index (χ0n) is 13.1. The van der Waals surface area contributed by atoms with Crippen LogP contribution < -0.4 is 14.3 Å². The fourth-order valence-electron chi connectivity index (χ4n) is 2.23. The van der Waals surface area contributed by atoms with Crippen molar-refractivity contribution in [2.24, 2.45) is 0 Å². The van der Waals surface area contributed by atoms with Gasteiger partial charge < -0.3 is 19.6 Å². The Labute approximate surface area is 137 Å². The molecule has 2 rings (SSSR count). The largest absolute Gasteiger partial charge is 0.497 e. The summed E-state index contributed by atoms with van der Waals surface area (Å²) in [5, 5.41) is 8.86. The van der Waals surface area contributed by atoms with E-state index in [1.165, 1.54) is 0 Å². The van der Waals surface area contributed by atoms with Gasteiger partial charge in [0.1, 0.15) is 11.5 Å². The summed E-state index contributed by atoms with van der Waals surface area (Å²) in [6.45, 7) is 0.228. The van der Waals surface area contributed by atoms with Gasteiger partial charge in [-0.15, -0.1) is 0 Å². The summed E-state index contributed by atoms with van der Waals surface area (Å²) >= 11 is 1.06. The molecule has 0 unspecified atom stereocenters. The smallest absolute Gasteiger partial charge is 0.317 e. The fraction of sp³-hybridized carbons (Fsp3) is 0.333. The highest BCUT2D eigenvalue weighted by atomic mass is 32.1. The first-order valence-corrected chi connectivity index (χ1v) is 7.61. The number of thiazole rings is 1. The van der Waals surface area contributed by atoms with Gasteiger partial charge in [-0.3, -0.25) is 14.5 Å². The van der Waals surface area contributed by atoms with E-state index in [1.54, 1.807) is 44.4 Å². The maximum atomic E-state index is 11.8. The maximum Gasteiger partial charge on any atom is 0.317 e. The molecule has 0 aliphatic rings. The van der Waals surface area contributed by atoms with Crippen LogP contribution in [0.25, 0.3) is 11.3 Å². The van der Waals surface area contributed by atoms with Gasteiger partial charge in [-0.1, -0.05) is 11.3 Å². The number of aromatic amines is 1. The summed E-state index contributed by atoms with van der Waals surface area (Å²) in [4.78, 5) is 27.6. The minimum absolute atomic E-state index is 0.110. The number of aromatic nitrogens is 1. The van der Waals surface area contributed by atoms with Gasteiger partial charge in [-0.25, -0.2) is 0 Å². The maximum absolute atomic E-state index is 11.8. The number of H-pyrrole nitrogens is 1. The number of rotatable bonds is 7. The molecule has 1 heterocycles. The Bertz CT molecular complexity index is 753. The molecule has 0 amide bonds. The third-order valence-electron chi connectivity index (χ3n) is 3.22. The lowest BCUT2D eigenvalue weighted by atomic mass is 10.1. The van der Waals surface area contributed by atoms with E-state index in [9.17, 15) is 9.59 Å². The molecular weight excluding hydrogens is 320 g/mol. The van der Waals surface area contributed by atoms with Crippen molar-refractivity contribution in [3.8, 4) is 22.8 Å². The SMILES string of the molecule is COc1ccc(OC)c(-c2[nH]c(=O)sc2CN(C)CC(=O)O)c1. The molecule has 0 spiro atoms. The van der Waals surface area contributed by atoms with Crippen molar-refractivity contribution >= 4 is 17.3 Å². The van der Waals surface area contributed by atoms with Gasteiger partial charge in [0.2, 0.25) is 0 Å². The number of nitrogens with zero attached hydrogens (tertiary/aromatic N) is 1. The number of aliphatic carboxylic acids is 1. The van der Waals surface area contributed by atoms with Gasteiger partial charge in [0, 0.05) is 17.0 Å². The van der Waals surface area contributed by atoms with E-state index in [1.807, 2.05) is 0 Å². The fourth-order valence-corrected chi connectivity index (χ4v) is 3.16. The molecule has 0 saturated carbocycles. The Morgan fingerprint density at radius 3 is 2.70 bits per heavy atom. The van der Waals surface area contributed by atoms with Crippen molar-refractivity contribution < 1.29 is 19.4 Å². The number of hydrogen-bond donors (Lipinski definition) is 2. The highest BCUT2D eigenvalue weighted by molar-refractivity contribution is 7.09. The number of benzene rings is 1. The molecule has 8 heteroatoms. The molecule has 1 aromatic carbocycles. The topological polar surface area (TPSA) is 91.9 Å². The van der Waals surface area contributed by atoms with Crippen LogP contribution in [0.3, 0.4) is 0 Å². The minimum Gasteiger partial charge on any atom is -0.497 e. The number of hydrogen-bond acceptors (Lipinski definition) is 6. The van der Waals surface area contributed by atoms with Crippen LogP contribution in [0.2, 0.25) is 0 Å². The normalized spacial score (nSPS) is 10.8. The molecular formula is C15H18N2O5S. The molecule has 23 heavy (non-hydrogen) atoms. The molecule has 0 bridgehead atoms. The third-order valence-corrected chi connectivity index (χ3v) is 4.08. The summed E-state index contributed by atoms with van der Waals surface area (Å²) in [6, 6.07) is 5.30. The second kappa shape index (κ2) is 7.30. The lowest BCUT2D eigenvalue weighted by Crippen LogP contribution is -2.24. The first-order valence-electron chi connectivity index (χ1n) is 6.79. The highest BCUT2D eigenvalue weighted by Crippen LogP contribution is 2.35. The predicted molar refractivity (Wildman–Crippen MR) is 87.4 cm³/mol. The molecule has 0 radical (unpaired) electrons. The lowest BCUT2D eigenvalue weighted by molar-refractivity contribution is -0.138. The van der Waals surface area contributed by atoms with Crippen LogP contribution in [0.5, 0.6) is 11.5 Å². The number of carboxylic acid groups (broad SMARTS) is 1. The van der Waals surface area contributed by atoms with E-state index in [2.05, 4.69) is 4.98 Å². The lowest BCUT2D eigenvalue weighted by Gasteiger charge is -2.15. The molecule has 2 aromatic rings. The number of carboxylic acids is 1. The van der Waals surface area contributed by atoms with E-state index in [-0.39, 0.29) is 11.4 Å².